The van der Waals surface area contributed by atoms with Crippen LogP contribution in [0.15, 0.2) is 36.5 Å². The van der Waals surface area contributed by atoms with Gasteiger partial charge in [0, 0.05) is 23.2 Å². The predicted molar refractivity (Wildman–Crippen MR) is 74.1 cm³/mol. The topological polar surface area (TPSA) is 46.9 Å². The van der Waals surface area contributed by atoms with Crippen LogP contribution in [-0.4, -0.2) is 15.7 Å². The molecule has 1 aromatic carbocycles. The molecular formula is C14H14ClN3O. The average Bonchev–Trinajstić information content (AvgIpc) is 3.13. The Morgan fingerprint density at radius 2 is 2.26 bits per heavy atom. The van der Waals surface area contributed by atoms with E-state index in [1.54, 1.807) is 4.68 Å². The Kier molecular flexibility index (Phi) is 3.25. The molecule has 0 spiro atoms. The van der Waals surface area contributed by atoms with Crippen molar-refractivity contribution in [1.82, 2.24) is 9.78 Å². The van der Waals surface area contributed by atoms with Gasteiger partial charge in [-0.2, -0.15) is 5.10 Å². The zero-order valence-corrected chi connectivity index (χ0v) is 11.1. The van der Waals surface area contributed by atoms with Gasteiger partial charge in [-0.15, -0.1) is 0 Å². The van der Waals surface area contributed by atoms with E-state index in [1.165, 1.54) is 0 Å². The Balaban J connectivity index is 1.65. The highest BCUT2D eigenvalue weighted by Gasteiger charge is 2.29. The molecule has 1 saturated carbocycles. The third kappa shape index (κ3) is 3.15. The van der Waals surface area contributed by atoms with E-state index in [0.717, 1.165) is 18.4 Å². The summed E-state index contributed by atoms with van der Waals surface area (Å²) in [5.74, 6) is 0.880. The predicted octanol–water partition coefficient (Wildman–Crippen LogP) is 2.93. The number of halogens is 1. The number of amides is 1. The van der Waals surface area contributed by atoms with Crippen molar-refractivity contribution in [3.8, 4) is 0 Å². The van der Waals surface area contributed by atoms with Crippen LogP contribution in [0.3, 0.4) is 0 Å². The average molecular weight is 276 g/mol. The van der Waals surface area contributed by atoms with Crippen molar-refractivity contribution < 1.29 is 4.79 Å². The number of rotatable bonds is 4. The molecule has 1 N–H and O–H groups in total. The summed E-state index contributed by atoms with van der Waals surface area (Å²) in [6.45, 7) is 0.639. The first-order chi connectivity index (χ1) is 9.20. The summed E-state index contributed by atoms with van der Waals surface area (Å²) in [5, 5.41) is 7.87. The van der Waals surface area contributed by atoms with Gasteiger partial charge in [-0.25, -0.2) is 0 Å². The van der Waals surface area contributed by atoms with E-state index in [1.807, 2.05) is 36.5 Å². The highest BCUT2D eigenvalue weighted by atomic mass is 35.5. The van der Waals surface area contributed by atoms with Crippen LogP contribution in [-0.2, 0) is 11.3 Å². The maximum atomic E-state index is 11.6. The van der Waals surface area contributed by atoms with Crippen molar-refractivity contribution >= 4 is 23.3 Å². The summed E-state index contributed by atoms with van der Waals surface area (Å²) in [6, 6.07) is 9.47. The van der Waals surface area contributed by atoms with Crippen LogP contribution in [0.2, 0.25) is 5.02 Å². The standard InChI is InChI=1S/C14H14ClN3O/c15-12-3-1-2-10(8-12)9-18-7-6-13(17-18)16-14(19)11-4-5-11/h1-3,6-8,11H,4-5,9H2,(H,16,17,19). The van der Waals surface area contributed by atoms with E-state index in [9.17, 15) is 4.79 Å². The summed E-state index contributed by atoms with van der Waals surface area (Å²) in [6.07, 6.45) is 3.84. The monoisotopic (exact) mass is 275 g/mol. The fourth-order valence-corrected chi connectivity index (χ4v) is 2.13. The molecule has 5 heteroatoms. The van der Waals surface area contributed by atoms with Gasteiger partial charge in [-0.1, -0.05) is 23.7 Å². The molecule has 1 aliphatic carbocycles. The normalized spacial score (nSPS) is 14.4. The van der Waals surface area contributed by atoms with Crippen LogP contribution in [0.25, 0.3) is 0 Å². The summed E-state index contributed by atoms with van der Waals surface area (Å²) >= 11 is 5.94. The third-order valence-electron chi connectivity index (χ3n) is 3.07. The number of carbonyl (C=O) groups excluding carboxylic acids is 1. The van der Waals surface area contributed by atoms with Crippen LogP contribution >= 0.6 is 11.6 Å². The molecule has 4 nitrogen and oxygen atoms in total. The maximum absolute atomic E-state index is 11.6. The van der Waals surface area contributed by atoms with Crippen LogP contribution in [0, 0.1) is 5.92 Å². The van der Waals surface area contributed by atoms with E-state index in [2.05, 4.69) is 10.4 Å². The third-order valence-corrected chi connectivity index (χ3v) is 3.31. The largest absolute Gasteiger partial charge is 0.309 e. The van der Waals surface area contributed by atoms with Gasteiger partial charge in [0.2, 0.25) is 5.91 Å². The lowest BCUT2D eigenvalue weighted by molar-refractivity contribution is -0.117. The maximum Gasteiger partial charge on any atom is 0.228 e. The number of carbonyl (C=O) groups is 1. The molecule has 0 radical (unpaired) electrons. The zero-order chi connectivity index (χ0) is 13.2. The molecule has 98 valence electrons. The molecule has 3 rings (SSSR count). The van der Waals surface area contributed by atoms with Gasteiger partial charge >= 0.3 is 0 Å². The van der Waals surface area contributed by atoms with Crippen molar-refractivity contribution in [3.05, 3.63) is 47.1 Å². The smallest absolute Gasteiger partial charge is 0.228 e. The number of anilines is 1. The fraction of sp³-hybridized carbons (Fsp3) is 0.286. The molecular weight excluding hydrogens is 262 g/mol. The summed E-state index contributed by atoms with van der Waals surface area (Å²) in [4.78, 5) is 11.6. The zero-order valence-electron chi connectivity index (χ0n) is 10.3. The number of hydrogen-bond acceptors (Lipinski definition) is 2. The fourth-order valence-electron chi connectivity index (χ4n) is 1.91. The number of nitrogens with zero attached hydrogens (tertiary/aromatic N) is 2. The molecule has 0 saturated heterocycles. The lowest BCUT2D eigenvalue weighted by atomic mass is 10.2. The second-order valence-corrected chi connectivity index (χ2v) is 5.23. The van der Waals surface area contributed by atoms with Crippen molar-refractivity contribution in [2.45, 2.75) is 19.4 Å². The highest BCUT2D eigenvalue weighted by Crippen LogP contribution is 2.29. The van der Waals surface area contributed by atoms with E-state index >= 15 is 0 Å². The van der Waals surface area contributed by atoms with E-state index < -0.39 is 0 Å². The molecule has 1 heterocycles. The highest BCUT2D eigenvalue weighted by molar-refractivity contribution is 6.30. The number of aromatic nitrogens is 2. The number of nitrogens with one attached hydrogen (secondary N) is 1. The molecule has 1 aromatic heterocycles. The van der Waals surface area contributed by atoms with Gasteiger partial charge in [-0.05, 0) is 30.5 Å². The Labute approximate surface area is 116 Å². The Hall–Kier alpha value is -1.81. The van der Waals surface area contributed by atoms with Gasteiger partial charge in [0.15, 0.2) is 5.82 Å². The SMILES string of the molecule is O=C(Nc1ccn(Cc2cccc(Cl)c2)n1)C1CC1. The molecule has 1 amide bonds. The second-order valence-electron chi connectivity index (χ2n) is 4.79. The molecule has 19 heavy (non-hydrogen) atoms. The first-order valence-corrected chi connectivity index (χ1v) is 6.67. The lowest BCUT2D eigenvalue weighted by Crippen LogP contribution is -2.14. The van der Waals surface area contributed by atoms with Gasteiger partial charge < -0.3 is 5.32 Å². The van der Waals surface area contributed by atoms with Crippen molar-refractivity contribution in [1.29, 1.82) is 0 Å². The number of hydrogen-bond donors (Lipinski definition) is 1. The van der Waals surface area contributed by atoms with Crippen LogP contribution in [0.1, 0.15) is 18.4 Å². The molecule has 0 bridgehead atoms. The summed E-state index contributed by atoms with van der Waals surface area (Å²) < 4.78 is 1.79. The molecule has 0 unspecified atom stereocenters. The number of benzene rings is 1. The van der Waals surface area contributed by atoms with E-state index in [4.69, 9.17) is 11.6 Å². The minimum absolute atomic E-state index is 0.0769. The van der Waals surface area contributed by atoms with Gasteiger partial charge in [-0.3, -0.25) is 9.48 Å². The molecule has 0 aliphatic heterocycles. The minimum atomic E-state index is 0.0769. The lowest BCUT2D eigenvalue weighted by Gasteiger charge is -2.03. The van der Waals surface area contributed by atoms with E-state index in [0.29, 0.717) is 17.4 Å². The Morgan fingerprint density at radius 3 is 3.00 bits per heavy atom. The van der Waals surface area contributed by atoms with Gasteiger partial charge in [0.1, 0.15) is 0 Å². The Bertz CT molecular complexity index is 604. The first kappa shape index (κ1) is 12.2. The van der Waals surface area contributed by atoms with Crippen LogP contribution < -0.4 is 5.32 Å². The summed E-state index contributed by atoms with van der Waals surface area (Å²) in [5.41, 5.74) is 1.08. The van der Waals surface area contributed by atoms with Crippen molar-refractivity contribution in [3.63, 3.8) is 0 Å². The molecule has 1 fully saturated rings. The van der Waals surface area contributed by atoms with Crippen molar-refractivity contribution in [2.75, 3.05) is 5.32 Å². The van der Waals surface area contributed by atoms with Crippen LogP contribution in [0.4, 0.5) is 5.82 Å². The van der Waals surface area contributed by atoms with Gasteiger partial charge in [0.05, 0.1) is 6.54 Å². The van der Waals surface area contributed by atoms with Crippen molar-refractivity contribution in [2.24, 2.45) is 5.92 Å². The minimum Gasteiger partial charge on any atom is -0.309 e. The molecule has 2 aromatic rings. The Morgan fingerprint density at radius 1 is 1.42 bits per heavy atom. The first-order valence-electron chi connectivity index (χ1n) is 6.29. The van der Waals surface area contributed by atoms with E-state index in [-0.39, 0.29) is 11.8 Å². The summed E-state index contributed by atoms with van der Waals surface area (Å²) in [7, 11) is 0. The molecule has 1 aliphatic rings. The van der Waals surface area contributed by atoms with Gasteiger partial charge in [0.25, 0.3) is 0 Å². The second kappa shape index (κ2) is 5.05. The quantitative estimate of drug-likeness (QED) is 0.933. The molecule has 0 atom stereocenters. The van der Waals surface area contributed by atoms with Crippen LogP contribution in [0.5, 0.6) is 0 Å².